The molecule has 1 aromatic carbocycles. The highest BCUT2D eigenvalue weighted by molar-refractivity contribution is 8.13. The minimum absolute atomic E-state index is 0.00816. The third-order valence-corrected chi connectivity index (χ3v) is 4.54. The molecule has 20 heavy (non-hydrogen) atoms. The van der Waals surface area contributed by atoms with Gasteiger partial charge in [0.05, 0.1) is 4.90 Å². The van der Waals surface area contributed by atoms with Crippen molar-refractivity contribution in [2.24, 2.45) is 0 Å². The smallest absolute Gasteiger partial charge is 0.261 e. The van der Waals surface area contributed by atoms with E-state index in [-0.39, 0.29) is 16.8 Å². The van der Waals surface area contributed by atoms with Crippen molar-refractivity contribution >= 4 is 25.6 Å². The van der Waals surface area contributed by atoms with Gasteiger partial charge in [-0.1, -0.05) is 20.3 Å². The Morgan fingerprint density at radius 1 is 1.35 bits per heavy atom. The lowest BCUT2D eigenvalue weighted by atomic mass is 10.1. The molecule has 1 amide bonds. The van der Waals surface area contributed by atoms with E-state index in [0.717, 1.165) is 19.3 Å². The van der Waals surface area contributed by atoms with Crippen LogP contribution in [0.4, 0.5) is 0 Å². The zero-order valence-corrected chi connectivity index (χ0v) is 13.5. The third kappa shape index (κ3) is 4.49. The molecule has 112 valence electrons. The van der Waals surface area contributed by atoms with Gasteiger partial charge in [-0.2, -0.15) is 0 Å². The van der Waals surface area contributed by atoms with Crippen LogP contribution in [0.25, 0.3) is 0 Å². The maximum atomic E-state index is 12.2. The minimum atomic E-state index is -3.76. The first kappa shape index (κ1) is 17.0. The Kier molecular flexibility index (Phi) is 6.02. The molecule has 1 N–H and O–H groups in total. The monoisotopic (exact) mass is 317 g/mol. The summed E-state index contributed by atoms with van der Waals surface area (Å²) in [5, 5.41) is 2.96. The number of nitrogens with one attached hydrogen (secondary N) is 1. The Hall–Kier alpha value is -1.07. The topological polar surface area (TPSA) is 63.2 Å². The zero-order chi connectivity index (χ0) is 15.3. The van der Waals surface area contributed by atoms with Crippen molar-refractivity contribution in [1.82, 2.24) is 5.32 Å². The minimum Gasteiger partial charge on any atom is -0.349 e. The van der Waals surface area contributed by atoms with Gasteiger partial charge in [0.15, 0.2) is 0 Å². The van der Waals surface area contributed by atoms with Gasteiger partial charge in [0, 0.05) is 22.3 Å². The SMILES string of the molecule is CCCC(CC)NC(=O)c1ccc(S(=O)(=O)Cl)cc1C. The van der Waals surface area contributed by atoms with Gasteiger partial charge in [0.2, 0.25) is 0 Å². The van der Waals surface area contributed by atoms with Gasteiger partial charge in [-0.15, -0.1) is 0 Å². The van der Waals surface area contributed by atoms with Crippen molar-refractivity contribution in [2.45, 2.75) is 51.0 Å². The molecule has 0 bridgehead atoms. The molecule has 0 fully saturated rings. The number of hydrogen-bond acceptors (Lipinski definition) is 3. The summed E-state index contributed by atoms with van der Waals surface area (Å²) in [7, 11) is 1.52. The van der Waals surface area contributed by atoms with E-state index in [0.29, 0.717) is 11.1 Å². The Bertz CT molecular complexity index is 584. The van der Waals surface area contributed by atoms with E-state index in [2.05, 4.69) is 12.2 Å². The molecule has 4 nitrogen and oxygen atoms in total. The molecule has 0 aliphatic carbocycles. The average molecular weight is 318 g/mol. The Morgan fingerprint density at radius 2 is 2.00 bits per heavy atom. The van der Waals surface area contributed by atoms with E-state index in [1.807, 2.05) is 6.92 Å². The van der Waals surface area contributed by atoms with E-state index in [9.17, 15) is 13.2 Å². The largest absolute Gasteiger partial charge is 0.349 e. The quantitative estimate of drug-likeness (QED) is 0.819. The molecule has 0 radical (unpaired) electrons. The van der Waals surface area contributed by atoms with Gasteiger partial charge in [-0.05, 0) is 43.5 Å². The van der Waals surface area contributed by atoms with Crippen LogP contribution in [0.3, 0.4) is 0 Å². The van der Waals surface area contributed by atoms with Gasteiger partial charge < -0.3 is 5.32 Å². The summed E-state index contributed by atoms with van der Waals surface area (Å²) < 4.78 is 22.5. The first-order valence-corrected chi connectivity index (χ1v) is 8.96. The van der Waals surface area contributed by atoms with E-state index in [1.165, 1.54) is 18.2 Å². The molecule has 6 heteroatoms. The Balaban J connectivity index is 2.95. The fourth-order valence-corrected chi connectivity index (χ4v) is 2.87. The summed E-state index contributed by atoms with van der Waals surface area (Å²) in [6.45, 7) is 5.79. The highest BCUT2D eigenvalue weighted by atomic mass is 35.7. The molecular formula is C14H20ClNO3S. The van der Waals surface area contributed by atoms with Crippen molar-refractivity contribution in [3.05, 3.63) is 29.3 Å². The van der Waals surface area contributed by atoms with Crippen LogP contribution >= 0.6 is 10.7 Å². The van der Waals surface area contributed by atoms with Crippen LogP contribution in [0, 0.1) is 6.92 Å². The van der Waals surface area contributed by atoms with Crippen molar-refractivity contribution < 1.29 is 13.2 Å². The van der Waals surface area contributed by atoms with Crippen LogP contribution in [-0.4, -0.2) is 20.4 Å². The Morgan fingerprint density at radius 3 is 2.45 bits per heavy atom. The summed E-state index contributed by atoms with van der Waals surface area (Å²) in [5.41, 5.74) is 1.07. The summed E-state index contributed by atoms with van der Waals surface area (Å²) in [6, 6.07) is 4.41. The highest BCUT2D eigenvalue weighted by Gasteiger charge is 2.16. The van der Waals surface area contributed by atoms with Crippen LogP contribution in [-0.2, 0) is 9.05 Å². The van der Waals surface area contributed by atoms with E-state index < -0.39 is 9.05 Å². The number of aryl methyl sites for hydroxylation is 1. The molecule has 0 spiro atoms. The molecule has 0 aliphatic rings. The van der Waals surface area contributed by atoms with Crippen LogP contribution in [0.5, 0.6) is 0 Å². The predicted octanol–water partition coefficient (Wildman–Crippen LogP) is 3.23. The fourth-order valence-electron chi connectivity index (χ4n) is 2.03. The normalized spacial score (nSPS) is 13.0. The number of carbonyl (C=O) groups is 1. The van der Waals surface area contributed by atoms with Crippen molar-refractivity contribution in [3.63, 3.8) is 0 Å². The van der Waals surface area contributed by atoms with Gasteiger partial charge in [-0.3, -0.25) is 4.79 Å². The molecule has 1 aromatic rings. The average Bonchev–Trinajstić information content (AvgIpc) is 2.36. The lowest BCUT2D eigenvalue weighted by Crippen LogP contribution is -2.34. The number of carbonyl (C=O) groups excluding carboxylic acids is 1. The number of rotatable bonds is 6. The lowest BCUT2D eigenvalue weighted by molar-refractivity contribution is 0.0933. The summed E-state index contributed by atoms with van der Waals surface area (Å²) >= 11 is 0. The maximum Gasteiger partial charge on any atom is 0.261 e. The molecule has 0 saturated carbocycles. The zero-order valence-electron chi connectivity index (χ0n) is 11.9. The molecule has 0 heterocycles. The summed E-state index contributed by atoms with van der Waals surface area (Å²) in [6.07, 6.45) is 2.80. The lowest BCUT2D eigenvalue weighted by Gasteiger charge is -2.17. The van der Waals surface area contributed by atoms with Gasteiger partial charge in [0.25, 0.3) is 15.0 Å². The van der Waals surface area contributed by atoms with E-state index >= 15 is 0 Å². The van der Waals surface area contributed by atoms with Crippen LogP contribution in [0.1, 0.15) is 49.0 Å². The Labute approximate surface area is 124 Å². The second-order valence-corrected chi connectivity index (χ2v) is 7.35. The van der Waals surface area contributed by atoms with Gasteiger partial charge in [0.1, 0.15) is 0 Å². The third-order valence-electron chi connectivity index (χ3n) is 3.19. The van der Waals surface area contributed by atoms with E-state index in [1.54, 1.807) is 6.92 Å². The number of amides is 1. The molecule has 0 aliphatic heterocycles. The molecule has 0 saturated heterocycles. The molecule has 0 aromatic heterocycles. The predicted molar refractivity (Wildman–Crippen MR) is 80.7 cm³/mol. The number of halogens is 1. The molecule has 1 rings (SSSR count). The van der Waals surface area contributed by atoms with Crippen molar-refractivity contribution in [1.29, 1.82) is 0 Å². The van der Waals surface area contributed by atoms with E-state index in [4.69, 9.17) is 10.7 Å². The second-order valence-electron chi connectivity index (χ2n) is 4.78. The standard InChI is InChI=1S/C14H20ClNO3S/c1-4-6-11(5-2)16-14(17)13-8-7-12(9-10(13)3)20(15,18)19/h7-9,11H,4-6H2,1-3H3,(H,16,17). The second kappa shape index (κ2) is 7.09. The maximum absolute atomic E-state index is 12.2. The van der Waals surface area contributed by atoms with Gasteiger partial charge >= 0.3 is 0 Å². The van der Waals surface area contributed by atoms with Crippen LogP contribution < -0.4 is 5.32 Å². The molecule has 1 unspecified atom stereocenters. The highest BCUT2D eigenvalue weighted by Crippen LogP contribution is 2.19. The molecule has 1 atom stereocenters. The summed E-state index contributed by atoms with van der Waals surface area (Å²) in [4.78, 5) is 12.2. The first-order valence-electron chi connectivity index (χ1n) is 6.65. The van der Waals surface area contributed by atoms with Gasteiger partial charge in [-0.25, -0.2) is 8.42 Å². The van der Waals surface area contributed by atoms with Crippen molar-refractivity contribution in [3.8, 4) is 0 Å². The first-order chi connectivity index (χ1) is 9.29. The summed E-state index contributed by atoms with van der Waals surface area (Å²) in [5.74, 6) is -0.179. The van der Waals surface area contributed by atoms with Crippen LogP contribution in [0.15, 0.2) is 23.1 Å². The molecular weight excluding hydrogens is 298 g/mol. The number of hydrogen-bond donors (Lipinski definition) is 1. The number of benzene rings is 1. The van der Waals surface area contributed by atoms with Crippen LogP contribution in [0.2, 0.25) is 0 Å². The van der Waals surface area contributed by atoms with Crippen molar-refractivity contribution in [2.75, 3.05) is 0 Å². The fraction of sp³-hybridized carbons (Fsp3) is 0.500.